The number of halogens is 1. The third-order valence-corrected chi connectivity index (χ3v) is 3.28. The number of benzene rings is 1. The van der Waals surface area contributed by atoms with Crippen molar-refractivity contribution < 1.29 is 14.3 Å². The summed E-state index contributed by atoms with van der Waals surface area (Å²) in [7, 11) is 0. The largest absolute Gasteiger partial charge is 0.392 e. The molecule has 0 saturated heterocycles. The number of urea groups is 1. The van der Waals surface area contributed by atoms with Gasteiger partial charge in [0.1, 0.15) is 11.5 Å². The van der Waals surface area contributed by atoms with Gasteiger partial charge in [-0.15, -0.1) is 0 Å². The van der Waals surface area contributed by atoms with Crippen molar-refractivity contribution in [3.63, 3.8) is 0 Å². The van der Waals surface area contributed by atoms with E-state index >= 15 is 0 Å². The smallest absolute Gasteiger partial charge is 0.322 e. The van der Waals surface area contributed by atoms with E-state index in [4.69, 9.17) is 0 Å². The monoisotopic (exact) mass is 320 g/mol. The zero-order valence-corrected chi connectivity index (χ0v) is 13.4. The molecule has 23 heavy (non-hydrogen) atoms. The first-order valence-electron chi connectivity index (χ1n) is 7.43. The number of rotatable bonds is 5. The molecule has 0 spiro atoms. The molecule has 0 saturated carbocycles. The molecular formula is C16H21FN4O2. The second-order valence-corrected chi connectivity index (χ2v) is 5.65. The number of nitrogens with zero attached hydrogens (tertiary/aromatic N) is 3. The Bertz CT molecular complexity index is 670. The number of amides is 2. The summed E-state index contributed by atoms with van der Waals surface area (Å²) in [5.74, 6) is -0.397. The van der Waals surface area contributed by atoms with Crippen molar-refractivity contribution in [2.24, 2.45) is 0 Å². The van der Waals surface area contributed by atoms with Gasteiger partial charge in [-0.3, -0.25) is 0 Å². The number of para-hydroxylation sites is 1. The first-order chi connectivity index (χ1) is 10.9. The average Bonchev–Trinajstić information content (AvgIpc) is 2.93. The SMILES string of the molecule is CC(O)CN(C(=O)Nc1cnn(-c2ccccc2F)c1)C(C)C. The van der Waals surface area contributed by atoms with Crippen LogP contribution in [-0.4, -0.2) is 44.5 Å². The first kappa shape index (κ1) is 17.0. The van der Waals surface area contributed by atoms with Gasteiger partial charge in [0.15, 0.2) is 0 Å². The molecule has 1 atom stereocenters. The van der Waals surface area contributed by atoms with E-state index in [1.807, 2.05) is 13.8 Å². The minimum Gasteiger partial charge on any atom is -0.392 e. The molecule has 0 aliphatic heterocycles. The van der Waals surface area contributed by atoms with Crippen LogP contribution in [0, 0.1) is 5.82 Å². The van der Waals surface area contributed by atoms with Crippen molar-refractivity contribution in [1.29, 1.82) is 0 Å². The highest BCUT2D eigenvalue weighted by atomic mass is 19.1. The Kier molecular flexibility index (Phi) is 5.33. The lowest BCUT2D eigenvalue weighted by molar-refractivity contribution is 0.125. The summed E-state index contributed by atoms with van der Waals surface area (Å²) < 4.78 is 15.1. The van der Waals surface area contributed by atoms with Gasteiger partial charge in [0, 0.05) is 12.6 Å². The van der Waals surface area contributed by atoms with E-state index < -0.39 is 11.9 Å². The second kappa shape index (κ2) is 7.23. The van der Waals surface area contributed by atoms with Gasteiger partial charge in [0.05, 0.1) is 24.2 Å². The molecule has 2 amide bonds. The maximum atomic E-state index is 13.7. The second-order valence-electron chi connectivity index (χ2n) is 5.65. The molecule has 2 aromatic rings. The summed E-state index contributed by atoms with van der Waals surface area (Å²) >= 11 is 0. The van der Waals surface area contributed by atoms with Crippen molar-refractivity contribution in [2.45, 2.75) is 32.9 Å². The summed E-state index contributed by atoms with van der Waals surface area (Å²) in [4.78, 5) is 13.8. The van der Waals surface area contributed by atoms with Gasteiger partial charge < -0.3 is 15.3 Å². The van der Waals surface area contributed by atoms with Gasteiger partial charge in [0.2, 0.25) is 0 Å². The quantitative estimate of drug-likeness (QED) is 0.890. The van der Waals surface area contributed by atoms with Crippen LogP contribution in [0.3, 0.4) is 0 Å². The molecule has 6 nitrogen and oxygen atoms in total. The van der Waals surface area contributed by atoms with Crippen LogP contribution in [0.2, 0.25) is 0 Å². The number of carbonyl (C=O) groups is 1. The lowest BCUT2D eigenvalue weighted by atomic mass is 10.3. The number of nitrogens with one attached hydrogen (secondary N) is 1. The minimum atomic E-state index is -0.621. The molecule has 1 unspecified atom stereocenters. The summed E-state index contributed by atoms with van der Waals surface area (Å²) in [6, 6.07) is 5.85. The van der Waals surface area contributed by atoms with Crippen molar-refractivity contribution in [1.82, 2.24) is 14.7 Å². The predicted molar refractivity (Wildman–Crippen MR) is 86.1 cm³/mol. The fourth-order valence-electron chi connectivity index (χ4n) is 2.16. The van der Waals surface area contributed by atoms with Crippen molar-refractivity contribution in [3.8, 4) is 5.69 Å². The van der Waals surface area contributed by atoms with Crippen LogP contribution < -0.4 is 5.32 Å². The Hall–Kier alpha value is -2.41. The molecule has 1 heterocycles. The molecule has 7 heteroatoms. The van der Waals surface area contributed by atoms with Crippen LogP contribution in [0.15, 0.2) is 36.7 Å². The minimum absolute atomic E-state index is 0.0637. The highest BCUT2D eigenvalue weighted by Crippen LogP contribution is 2.15. The van der Waals surface area contributed by atoms with Crippen molar-refractivity contribution >= 4 is 11.7 Å². The van der Waals surface area contributed by atoms with E-state index in [9.17, 15) is 14.3 Å². The molecule has 0 aliphatic rings. The molecular weight excluding hydrogens is 299 g/mol. The number of aliphatic hydroxyl groups excluding tert-OH is 1. The fraction of sp³-hybridized carbons (Fsp3) is 0.375. The van der Waals surface area contributed by atoms with Crippen LogP contribution >= 0.6 is 0 Å². The van der Waals surface area contributed by atoms with Crippen molar-refractivity contribution in [2.75, 3.05) is 11.9 Å². The maximum Gasteiger partial charge on any atom is 0.322 e. The number of aromatic nitrogens is 2. The number of hydrogen-bond acceptors (Lipinski definition) is 3. The highest BCUT2D eigenvalue weighted by molar-refractivity contribution is 5.89. The molecule has 0 fully saturated rings. The van der Waals surface area contributed by atoms with Crippen LogP contribution in [0.4, 0.5) is 14.9 Å². The van der Waals surface area contributed by atoms with Gasteiger partial charge >= 0.3 is 6.03 Å². The lowest BCUT2D eigenvalue weighted by Crippen LogP contribution is -2.43. The zero-order valence-electron chi connectivity index (χ0n) is 13.4. The van der Waals surface area contributed by atoms with Crippen LogP contribution in [0.5, 0.6) is 0 Å². The third-order valence-electron chi connectivity index (χ3n) is 3.28. The summed E-state index contributed by atoms with van der Waals surface area (Å²) in [5.41, 5.74) is 0.757. The highest BCUT2D eigenvalue weighted by Gasteiger charge is 2.19. The molecule has 124 valence electrons. The normalized spacial score (nSPS) is 12.3. The van der Waals surface area contributed by atoms with Crippen LogP contribution in [-0.2, 0) is 0 Å². The van der Waals surface area contributed by atoms with E-state index in [1.165, 1.54) is 28.0 Å². The fourth-order valence-corrected chi connectivity index (χ4v) is 2.16. The van der Waals surface area contributed by atoms with Crippen molar-refractivity contribution in [3.05, 3.63) is 42.5 Å². The average molecular weight is 320 g/mol. The Morgan fingerprint density at radius 3 is 2.70 bits per heavy atom. The van der Waals surface area contributed by atoms with Gasteiger partial charge in [-0.2, -0.15) is 5.10 Å². The summed E-state index contributed by atoms with van der Waals surface area (Å²) in [5, 5.41) is 16.3. The Morgan fingerprint density at radius 2 is 2.09 bits per heavy atom. The van der Waals surface area contributed by atoms with E-state index in [0.29, 0.717) is 11.4 Å². The number of aliphatic hydroxyl groups is 1. The standard InChI is InChI=1S/C16H21FN4O2/c1-11(2)20(9-12(3)22)16(23)19-13-8-18-21(10-13)15-7-5-4-6-14(15)17/h4-8,10-12,22H,9H2,1-3H3,(H,19,23). The van der Waals surface area contributed by atoms with Crippen LogP contribution in [0.25, 0.3) is 5.69 Å². The Labute approximate surface area is 134 Å². The van der Waals surface area contributed by atoms with E-state index in [1.54, 1.807) is 25.1 Å². The van der Waals surface area contributed by atoms with E-state index in [-0.39, 0.29) is 18.6 Å². The summed E-state index contributed by atoms with van der Waals surface area (Å²) in [6.45, 7) is 5.58. The molecule has 1 aromatic heterocycles. The van der Waals surface area contributed by atoms with E-state index in [0.717, 1.165) is 0 Å². The van der Waals surface area contributed by atoms with Gasteiger partial charge in [-0.05, 0) is 32.9 Å². The molecule has 1 aromatic carbocycles. The molecule has 0 aliphatic carbocycles. The number of carbonyl (C=O) groups excluding carboxylic acids is 1. The predicted octanol–water partition coefficient (Wildman–Crippen LogP) is 2.63. The Morgan fingerprint density at radius 1 is 1.39 bits per heavy atom. The van der Waals surface area contributed by atoms with Gasteiger partial charge in [0.25, 0.3) is 0 Å². The molecule has 0 radical (unpaired) electrons. The number of anilines is 1. The molecule has 2 rings (SSSR count). The van der Waals surface area contributed by atoms with Gasteiger partial charge in [-0.1, -0.05) is 12.1 Å². The Balaban J connectivity index is 2.12. The molecule has 0 bridgehead atoms. The topological polar surface area (TPSA) is 70.4 Å². The summed E-state index contributed by atoms with van der Waals surface area (Å²) in [6.07, 6.45) is 2.37. The third kappa shape index (κ3) is 4.29. The zero-order chi connectivity index (χ0) is 17.0. The lowest BCUT2D eigenvalue weighted by Gasteiger charge is -2.27. The maximum absolute atomic E-state index is 13.7. The molecule has 2 N–H and O–H groups in total. The number of hydrogen-bond donors (Lipinski definition) is 2. The first-order valence-corrected chi connectivity index (χ1v) is 7.43. The van der Waals surface area contributed by atoms with E-state index in [2.05, 4.69) is 10.4 Å². The van der Waals surface area contributed by atoms with Gasteiger partial charge in [-0.25, -0.2) is 13.9 Å². The van der Waals surface area contributed by atoms with Crippen LogP contribution in [0.1, 0.15) is 20.8 Å².